The number of hydrogen-bond acceptors (Lipinski definition) is 6. The Kier molecular flexibility index (Phi) is 3.68. The van der Waals surface area contributed by atoms with E-state index in [0.29, 0.717) is 24.4 Å². The molecule has 1 aliphatic heterocycles. The first-order chi connectivity index (χ1) is 13.6. The molecular weight excluding hydrogens is 356 g/mol. The quantitative estimate of drug-likeness (QED) is 0.637. The molecule has 5 rings (SSSR count). The lowest BCUT2D eigenvalue weighted by molar-refractivity contribution is -0.116. The predicted molar refractivity (Wildman–Crippen MR) is 102 cm³/mol. The fourth-order valence-electron chi connectivity index (χ4n) is 4.17. The van der Waals surface area contributed by atoms with Crippen molar-refractivity contribution in [1.82, 2.24) is 14.8 Å². The van der Waals surface area contributed by atoms with Gasteiger partial charge in [0.1, 0.15) is 23.9 Å². The minimum absolute atomic E-state index is 0.0150. The Hall–Kier alpha value is -3.61. The molecule has 0 spiro atoms. The SMILES string of the molecule is O=C1C[C@@H](c2ccccc2O)CC2=C1[C@@H](c1ccc(O)cc1)n1ncnc1N2. The van der Waals surface area contributed by atoms with Crippen molar-refractivity contribution in [2.75, 3.05) is 5.32 Å². The average molecular weight is 374 g/mol. The van der Waals surface area contributed by atoms with Crippen molar-refractivity contribution in [3.05, 3.63) is 77.3 Å². The molecule has 0 bridgehead atoms. The van der Waals surface area contributed by atoms with Gasteiger partial charge in [-0.15, -0.1) is 0 Å². The number of rotatable bonds is 2. The number of phenolic OH excluding ortho intramolecular Hbond substituents is 2. The maximum atomic E-state index is 13.2. The number of para-hydroxylation sites is 1. The lowest BCUT2D eigenvalue weighted by Crippen LogP contribution is -2.33. The largest absolute Gasteiger partial charge is 0.508 e. The Labute approximate surface area is 161 Å². The molecule has 1 aromatic heterocycles. The van der Waals surface area contributed by atoms with Crippen LogP contribution in [0.5, 0.6) is 11.5 Å². The lowest BCUT2D eigenvalue weighted by Gasteiger charge is -2.35. The third-order valence-corrected chi connectivity index (χ3v) is 5.45. The van der Waals surface area contributed by atoms with E-state index in [-0.39, 0.29) is 23.2 Å². The maximum absolute atomic E-state index is 13.2. The standard InChI is InChI=1S/C21H18N4O3/c26-14-7-5-12(6-8-14)20-19-16(24-21-22-11-23-25(20)21)9-13(10-18(19)28)15-3-1-2-4-17(15)27/h1-8,11,13,20,26-27H,9-10H2,(H,22,23,24)/t13-,20+/m0/s1. The molecule has 3 N–H and O–H groups in total. The van der Waals surface area contributed by atoms with Crippen LogP contribution in [0.3, 0.4) is 0 Å². The van der Waals surface area contributed by atoms with Gasteiger partial charge in [0.05, 0.1) is 0 Å². The first kappa shape index (κ1) is 16.6. The summed E-state index contributed by atoms with van der Waals surface area (Å²) in [6.07, 6.45) is 2.37. The molecule has 2 atom stereocenters. The molecule has 1 aliphatic carbocycles. The molecule has 3 aromatic rings. The number of phenols is 2. The molecule has 7 heteroatoms. The summed E-state index contributed by atoms with van der Waals surface area (Å²) in [5.74, 6) is 0.859. The summed E-state index contributed by atoms with van der Waals surface area (Å²) in [5, 5.41) is 27.4. The fourth-order valence-corrected chi connectivity index (χ4v) is 4.17. The molecule has 0 saturated carbocycles. The average Bonchev–Trinajstić information content (AvgIpc) is 3.15. The van der Waals surface area contributed by atoms with Crippen LogP contribution in [0, 0.1) is 0 Å². The first-order valence-corrected chi connectivity index (χ1v) is 9.11. The number of anilines is 1. The Balaban J connectivity index is 1.61. The summed E-state index contributed by atoms with van der Waals surface area (Å²) >= 11 is 0. The second-order valence-corrected chi connectivity index (χ2v) is 7.13. The van der Waals surface area contributed by atoms with Gasteiger partial charge in [0.2, 0.25) is 5.95 Å². The number of hydrogen-bond donors (Lipinski definition) is 3. The molecule has 0 saturated heterocycles. The van der Waals surface area contributed by atoms with Crippen molar-refractivity contribution >= 4 is 11.7 Å². The molecule has 0 unspecified atom stereocenters. The van der Waals surface area contributed by atoms with Gasteiger partial charge in [-0.05, 0) is 35.7 Å². The molecular formula is C21H18N4O3. The van der Waals surface area contributed by atoms with Crippen LogP contribution in [0.4, 0.5) is 5.95 Å². The summed E-state index contributed by atoms with van der Waals surface area (Å²) in [6.45, 7) is 0. The first-order valence-electron chi connectivity index (χ1n) is 9.11. The van der Waals surface area contributed by atoms with Crippen molar-refractivity contribution in [2.45, 2.75) is 24.8 Å². The van der Waals surface area contributed by atoms with E-state index in [1.54, 1.807) is 41.1 Å². The molecule has 2 aromatic carbocycles. The summed E-state index contributed by atoms with van der Waals surface area (Å²) in [4.78, 5) is 17.5. The molecule has 2 aliphatic rings. The molecule has 0 amide bonds. The second kappa shape index (κ2) is 6.23. The zero-order valence-electron chi connectivity index (χ0n) is 14.9. The highest BCUT2D eigenvalue weighted by atomic mass is 16.3. The van der Waals surface area contributed by atoms with E-state index in [1.165, 1.54) is 6.33 Å². The number of carbonyl (C=O) groups is 1. The molecule has 7 nitrogen and oxygen atoms in total. The molecule has 0 radical (unpaired) electrons. The minimum atomic E-state index is -0.396. The number of fused-ring (bicyclic) bond motifs is 1. The third kappa shape index (κ3) is 2.55. The topological polar surface area (TPSA) is 100 Å². The highest BCUT2D eigenvalue weighted by molar-refractivity contribution is 6.00. The summed E-state index contributed by atoms with van der Waals surface area (Å²) < 4.78 is 1.70. The molecule has 140 valence electrons. The Morgan fingerprint density at radius 2 is 1.82 bits per heavy atom. The van der Waals surface area contributed by atoms with Gasteiger partial charge in [-0.1, -0.05) is 30.3 Å². The Morgan fingerprint density at radius 1 is 1.04 bits per heavy atom. The van der Waals surface area contributed by atoms with Crippen molar-refractivity contribution in [3.63, 3.8) is 0 Å². The number of benzene rings is 2. The van der Waals surface area contributed by atoms with Crippen molar-refractivity contribution in [1.29, 1.82) is 0 Å². The molecule has 2 heterocycles. The van der Waals surface area contributed by atoms with Gasteiger partial charge in [-0.25, -0.2) is 4.68 Å². The minimum Gasteiger partial charge on any atom is -0.508 e. The van der Waals surface area contributed by atoms with Gasteiger partial charge in [-0.3, -0.25) is 4.79 Å². The number of nitrogens with one attached hydrogen (secondary N) is 1. The van der Waals surface area contributed by atoms with Gasteiger partial charge < -0.3 is 15.5 Å². The van der Waals surface area contributed by atoms with Crippen LogP contribution in [0.15, 0.2) is 66.1 Å². The molecule has 28 heavy (non-hydrogen) atoms. The zero-order valence-corrected chi connectivity index (χ0v) is 14.9. The summed E-state index contributed by atoms with van der Waals surface area (Å²) in [6, 6.07) is 13.6. The van der Waals surface area contributed by atoms with Crippen LogP contribution < -0.4 is 5.32 Å². The van der Waals surface area contributed by atoms with Crippen LogP contribution in [-0.2, 0) is 4.79 Å². The predicted octanol–water partition coefficient (Wildman–Crippen LogP) is 3.11. The van der Waals surface area contributed by atoms with E-state index in [1.807, 2.05) is 12.1 Å². The number of allylic oxidation sites excluding steroid dienone is 2. The van der Waals surface area contributed by atoms with Gasteiger partial charge >= 0.3 is 0 Å². The van der Waals surface area contributed by atoms with E-state index >= 15 is 0 Å². The number of ketones is 1. The van der Waals surface area contributed by atoms with Crippen molar-refractivity contribution < 1.29 is 15.0 Å². The number of carbonyl (C=O) groups excluding carboxylic acids is 1. The van der Waals surface area contributed by atoms with Crippen LogP contribution in [0.2, 0.25) is 0 Å². The third-order valence-electron chi connectivity index (χ3n) is 5.45. The van der Waals surface area contributed by atoms with E-state index < -0.39 is 6.04 Å². The fraction of sp³-hybridized carbons (Fsp3) is 0.190. The maximum Gasteiger partial charge on any atom is 0.226 e. The van der Waals surface area contributed by atoms with Crippen LogP contribution in [0.1, 0.15) is 35.9 Å². The number of nitrogens with zero attached hydrogens (tertiary/aromatic N) is 3. The summed E-state index contributed by atoms with van der Waals surface area (Å²) in [5.41, 5.74) is 3.10. The van der Waals surface area contributed by atoms with Gasteiger partial charge in [0.15, 0.2) is 5.78 Å². The Morgan fingerprint density at radius 3 is 2.61 bits per heavy atom. The smallest absolute Gasteiger partial charge is 0.226 e. The monoisotopic (exact) mass is 374 g/mol. The van der Waals surface area contributed by atoms with E-state index in [4.69, 9.17) is 0 Å². The van der Waals surface area contributed by atoms with Crippen LogP contribution in [0.25, 0.3) is 0 Å². The van der Waals surface area contributed by atoms with Gasteiger partial charge in [-0.2, -0.15) is 10.1 Å². The Bertz CT molecular complexity index is 1100. The number of aromatic nitrogens is 3. The van der Waals surface area contributed by atoms with E-state index in [0.717, 1.165) is 16.8 Å². The zero-order chi connectivity index (χ0) is 19.3. The van der Waals surface area contributed by atoms with Gasteiger partial charge in [0, 0.05) is 23.6 Å². The van der Waals surface area contributed by atoms with Crippen LogP contribution in [-0.4, -0.2) is 30.8 Å². The summed E-state index contributed by atoms with van der Waals surface area (Å²) in [7, 11) is 0. The number of aromatic hydroxyl groups is 2. The van der Waals surface area contributed by atoms with Crippen molar-refractivity contribution in [3.8, 4) is 11.5 Å². The highest BCUT2D eigenvalue weighted by Crippen LogP contribution is 2.45. The highest BCUT2D eigenvalue weighted by Gasteiger charge is 2.39. The lowest BCUT2D eigenvalue weighted by atomic mass is 9.77. The van der Waals surface area contributed by atoms with Crippen molar-refractivity contribution in [2.24, 2.45) is 0 Å². The van der Waals surface area contributed by atoms with Gasteiger partial charge in [0.25, 0.3) is 0 Å². The van der Waals surface area contributed by atoms with E-state index in [2.05, 4.69) is 15.4 Å². The van der Waals surface area contributed by atoms with E-state index in [9.17, 15) is 15.0 Å². The normalized spacial score (nSPS) is 21.1. The number of Topliss-reactive ketones (excluding diaryl/α,β-unsaturated/α-hetero) is 1. The second-order valence-electron chi connectivity index (χ2n) is 7.13. The van der Waals surface area contributed by atoms with Crippen LogP contribution >= 0.6 is 0 Å². The molecule has 0 fully saturated rings.